The Morgan fingerprint density at radius 3 is 2.92 bits per heavy atom. The molecule has 0 saturated carbocycles. The number of nitrogens with zero attached hydrogens (tertiary/aromatic N) is 1. The lowest BCUT2D eigenvalue weighted by atomic mass is 9.78. The van der Waals surface area contributed by atoms with Crippen molar-refractivity contribution in [3.05, 3.63) is 83.4 Å². The van der Waals surface area contributed by atoms with E-state index >= 15 is 0 Å². The highest BCUT2D eigenvalue weighted by atomic mass is 16.5. The molecule has 1 aromatic heterocycles. The second kappa shape index (κ2) is 7.15. The normalized spacial score (nSPS) is 14.1. The van der Waals surface area contributed by atoms with Crippen molar-refractivity contribution in [2.75, 3.05) is 0 Å². The minimum Gasteiger partial charge on any atom is -0.423 e. The number of carbonyl (C=O) groups is 1. The summed E-state index contributed by atoms with van der Waals surface area (Å²) in [5.41, 5.74) is 3.06. The van der Waals surface area contributed by atoms with Crippen LogP contribution in [0, 0.1) is 0 Å². The average Bonchev–Trinajstić information content (AvgIpc) is 3.31. The number of nitrogens with one attached hydrogen (secondary N) is 2. The molecule has 0 unspecified atom stereocenters. The van der Waals surface area contributed by atoms with Gasteiger partial charge in [-0.2, -0.15) is 0 Å². The summed E-state index contributed by atoms with van der Waals surface area (Å²) in [6.45, 7) is 0.365. The zero-order valence-corrected chi connectivity index (χ0v) is 14.1. The van der Waals surface area contributed by atoms with Crippen LogP contribution >= 0.6 is 0 Å². The van der Waals surface area contributed by atoms with Crippen LogP contribution in [0.4, 0.5) is 0 Å². The number of carbonyl (C=O) groups excluding carboxylic acids is 1. The predicted octanol–water partition coefficient (Wildman–Crippen LogP) is 1.34. The van der Waals surface area contributed by atoms with Crippen LogP contribution in [0.2, 0.25) is 0 Å². The standard InChI is InChI=1S/C19H18BN3O3/c24-19(14-6-7-15-12-26-20(25)16(15)10-14)23-17(11-18-21-8-9-22-18)13-4-2-1-3-5-13/h1-10,17,25H,11-12H2,(H,21,22)(H,23,24)/t17-/m0/s1. The molecule has 3 aromatic rings. The van der Waals surface area contributed by atoms with Crippen LogP contribution in [0.1, 0.15) is 33.4 Å². The van der Waals surface area contributed by atoms with Gasteiger partial charge in [0.05, 0.1) is 12.6 Å². The Balaban J connectivity index is 1.57. The molecule has 0 spiro atoms. The summed E-state index contributed by atoms with van der Waals surface area (Å²) in [7, 11) is -0.967. The van der Waals surface area contributed by atoms with Gasteiger partial charge < -0.3 is 20.0 Å². The van der Waals surface area contributed by atoms with Gasteiger partial charge >= 0.3 is 7.12 Å². The van der Waals surface area contributed by atoms with Gasteiger partial charge in [-0.1, -0.05) is 36.4 Å². The van der Waals surface area contributed by atoms with Crippen LogP contribution in [0.5, 0.6) is 0 Å². The fourth-order valence-electron chi connectivity index (χ4n) is 3.14. The Bertz CT molecular complexity index is 900. The van der Waals surface area contributed by atoms with Crippen molar-refractivity contribution in [3.8, 4) is 0 Å². The molecule has 1 amide bonds. The molecule has 4 rings (SSSR count). The highest BCUT2D eigenvalue weighted by Crippen LogP contribution is 2.18. The maximum Gasteiger partial charge on any atom is 0.491 e. The third-order valence-corrected chi connectivity index (χ3v) is 4.53. The van der Waals surface area contributed by atoms with Crippen molar-refractivity contribution in [1.29, 1.82) is 0 Å². The first kappa shape index (κ1) is 16.6. The second-order valence-electron chi connectivity index (χ2n) is 6.25. The molecule has 0 aliphatic carbocycles. The lowest BCUT2D eigenvalue weighted by Gasteiger charge is -2.19. The number of rotatable bonds is 5. The molecule has 1 aliphatic rings. The van der Waals surface area contributed by atoms with Crippen LogP contribution in [-0.2, 0) is 17.7 Å². The first-order valence-corrected chi connectivity index (χ1v) is 8.47. The highest BCUT2D eigenvalue weighted by Gasteiger charge is 2.28. The van der Waals surface area contributed by atoms with E-state index in [9.17, 15) is 9.82 Å². The summed E-state index contributed by atoms with van der Waals surface area (Å²) in [6.07, 6.45) is 4.02. The summed E-state index contributed by atoms with van der Waals surface area (Å²) < 4.78 is 5.19. The van der Waals surface area contributed by atoms with Gasteiger partial charge in [0.25, 0.3) is 5.91 Å². The SMILES string of the molecule is O=C(N[C@@H](Cc1ncc[nH]1)c1ccccc1)c1ccc2c(c1)B(O)OC2. The predicted molar refractivity (Wildman–Crippen MR) is 97.8 cm³/mol. The maximum absolute atomic E-state index is 12.8. The minimum absolute atomic E-state index is 0.202. The number of amides is 1. The molecule has 2 aromatic carbocycles. The molecule has 26 heavy (non-hydrogen) atoms. The van der Waals surface area contributed by atoms with E-state index in [1.165, 1.54) is 0 Å². The Kier molecular flexibility index (Phi) is 4.56. The summed E-state index contributed by atoms with van der Waals surface area (Å²) >= 11 is 0. The van der Waals surface area contributed by atoms with Gasteiger partial charge in [0.2, 0.25) is 0 Å². The Hall–Kier alpha value is -2.90. The number of H-pyrrole nitrogens is 1. The van der Waals surface area contributed by atoms with Crippen molar-refractivity contribution in [2.24, 2.45) is 0 Å². The monoisotopic (exact) mass is 347 g/mol. The van der Waals surface area contributed by atoms with Crippen LogP contribution < -0.4 is 10.8 Å². The number of hydrogen-bond donors (Lipinski definition) is 3. The van der Waals surface area contributed by atoms with Crippen LogP contribution in [0.3, 0.4) is 0 Å². The van der Waals surface area contributed by atoms with Gasteiger partial charge in [0.1, 0.15) is 5.82 Å². The molecular formula is C19H18BN3O3. The summed E-state index contributed by atoms with van der Waals surface area (Å²) in [5.74, 6) is 0.601. The van der Waals surface area contributed by atoms with E-state index in [0.29, 0.717) is 24.1 Å². The fraction of sp³-hybridized carbons (Fsp3) is 0.158. The molecular weight excluding hydrogens is 329 g/mol. The van der Waals surface area contributed by atoms with Gasteiger partial charge in [-0.3, -0.25) is 4.79 Å². The number of aromatic nitrogens is 2. The molecule has 0 bridgehead atoms. The molecule has 130 valence electrons. The lowest BCUT2D eigenvalue weighted by Crippen LogP contribution is -2.33. The minimum atomic E-state index is -0.967. The fourth-order valence-corrected chi connectivity index (χ4v) is 3.14. The molecule has 3 N–H and O–H groups in total. The van der Waals surface area contributed by atoms with E-state index in [2.05, 4.69) is 15.3 Å². The average molecular weight is 347 g/mol. The van der Waals surface area contributed by atoms with Crippen LogP contribution in [0.25, 0.3) is 0 Å². The number of aromatic amines is 1. The zero-order chi connectivity index (χ0) is 17.9. The molecule has 1 aliphatic heterocycles. The third-order valence-electron chi connectivity index (χ3n) is 4.53. The van der Waals surface area contributed by atoms with E-state index in [-0.39, 0.29) is 11.9 Å². The highest BCUT2D eigenvalue weighted by molar-refractivity contribution is 6.61. The number of benzene rings is 2. The second-order valence-corrected chi connectivity index (χ2v) is 6.25. The summed E-state index contributed by atoms with van der Waals surface area (Å²) in [6, 6.07) is 14.8. The van der Waals surface area contributed by atoms with Crippen molar-refractivity contribution in [1.82, 2.24) is 15.3 Å². The van der Waals surface area contributed by atoms with E-state index in [1.807, 2.05) is 36.4 Å². The van der Waals surface area contributed by atoms with Crippen molar-refractivity contribution < 1.29 is 14.5 Å². The van der Waals surface area contributed by atoms with E-state index < -0.39 is 7.12 Å². The van der Waals surface area contributed by atoms with Gasteiger partial charge in [-0.15, -0.1) is 0 Å². The molecule has 1 atom stereocenters. The molecule has 0 radical (unpaired) electrons. The smallest absolute Gasteiger partial charge is 0.423 e. The number of fused-ring (bicyclic) bond motifs is 1. The molecule has 0 saturated heterocycles. The zero-order valence-electron chi connectivity index (χ0n) is 14.1. The van der Waals surface area contributed by atoms with Gasteiger partial charge in [0, 0.05) is 24.4 Å². The lowest BCUT2D eigenvalue weighted by molar-refractivity contribution is 0.0936. The first-order valence-electron chi connectivity index (χ1n) is 8.47. The quantitative estimate of drug-likeness (QED) is 0.608. The van der Waals surface area contributed by atoms with Gasteiger partial charge in [-0.05, 0) is 28.7 Å². The molecule has 6 nitrogen and oxygen atoms in total. The third kappa shape index (κ3) is 3.40. The summed E-state index contributed by atoms with van der Waals surface area (Å²) in [4.78, 5) is 20.1. The number of imidazole rings is 1. The Morgan fingerprint density at radius 1 is 1.31 bits per heavy atom. The summed E-state index contributed by atoms with van der Waals surface area (Å²) in [5, 5.41) is 12.9. The van der Waals surface area contributed by atoms with Crippen molar-refractivity contribution in [2.45, 2.75) is 19.1 Å². The molecule has 2 heterocycles. The van der Waals surface area contributed by atoms with E-state index in [0.717, 1.165) is 17.0 Å². The van der Waals surface area contributed by atoms with Gasteiger partial charge in [0.15, 0.2) is 0 Å². The molecule has 0 fully saturated rings. The van der Waals surface area contributed by atoms with Gasteiger partial charge in [-0.25, -0.2) is 4.98 Å². The van der Waals surface area contributed by atoms with E-state index in [4.69, 9.17) is 4.65 Å². The van der Waals surface area contributed by atoms with Crippen molar-refractivity contribution >= 4 is 18.5 Å². The van der Waals surface area contributed by atoms with Crippen LogP contribution in [0.15, 0.2) is 60.9 Å². The van der Waals surface area contributed by atoms with E-state index in [1.54, 1.807) is 24.5 Å². The maximum atomic E-state index is 12.8. The topological polar surface area (TPSA) is 87.2 Å². The Morgan fingerprint density at radius 2 is 2.15 bits per heavy atom. The first-order chi connectivity index (χ1) is 12.7. The Labute approximate surface area is 151 Å². The number of hydrogen-bond acceptors (Lipinski definition) is 4. The largest absolute Gasteiger partial charge is 0.491 e. The van der Waals surface area contributed by atoms with Crippen molar-refractivity contribution in [3.63, 3.8) is 0 Å². The van der Waals surface area contributed by atoms with Crippen LogP contribution in [-0.4, -0.2) is 28.0 Å². The molecule has 7 heteroatoms.